The first-order valence-corrected chi connectivity index (χ1v) is 7.95. The minimum atomic E-state index is -0.468. The predicted octanol–water partition coefficient (Wildman–Crippen LogP) is 1.17. The van der Waals surface area contributed by atoms with Crippen molar-refractivity contribution in [3.63, 3.8) is 0 Å². The molecule has 22 heavy (non-hydrogen) atoms. The summed E-state index contributed by atoms with van der Waals surface area (Å²) in [4.78, 5) is 23.7. The van der Waals surface area contributed by atoms with Gasteiger partial charge in [-0.3, -0.25) is 14.9 Å². The fourth-order valence-electron chi connectivity index (χ4n) is 2.98. The van der Waals surface area contributed by atoms with Crippen molar-refractivity contribution >= 4 is 11.6 Å². The van der Waals surface area contributed by atoms with E-state index in [2.05, 4.69) is 12.2 Å². The average molecular weight is 306 g/mol. The molecule has 1 aliphatic rings. The first-order valence-electron chi connectivity index (χ1n) is 7.95. The summed E-state index contributed by atoms with van der Waals surface area (Å²) in [5.74, 6) is -0.170. The van der Waals surface area contributed by atoms with Crippen LogP contribution in [0.5, 0.6) is 0 Å². The summed E-state index contributed by atoms with van der Waals surface area (Å²) < 4.78 is 0. The van der Waals surface area contributed by atoms with Crippen LogP contribution in [0.1, 0.15) is 43.0 Å². The van der Waals surface area contributed by atoms with Crippen LogP contribution in [-0.4, -0.2) is 36.5 Å². The molecular weight excluding hydrogens is 282 g/mol. The Bertz CT molecular complexity index is 516. The molecule has 2 rings (SSSR count). The largest absolute Gasteiger partial charge is 0.352 e. The SMILES string of the molecule is C[C@@H]1CCCC[NH+]1CCCNC(=O)c1ccc([N+](=O)[O-])cc1. The maximum atomic E-state index is 12.0. The molecular formula is C16H24N3O3+. The lowest BCUT2D eigenvalue weighted by Gasteiger charge is -2.30. The van der Waals surface area contributed by atoms with Crippen LogP contribution < -0.4 is 10.2 Å². The van der Waals surface area contributed by atoms with Gasteiger partial charge in [-0.25, -0.2) is 0 Å². The molecule has 0 aromatic heterocycles. The molecule has 1 aliphatic heterocycles. The third-order valence-electron chi connectivity index (χ3n) is 4.38. The van der Waals surface area contributed by atoms with Gasteiger partial charge in [0.05, 0.1) is 24.1 Å². The topological polar surface area (TPSA) is 76.7 Å². The summed E-state index contributed by atoms with van der Waals surface area (Å²) in [5, 5.41) is 13.5. The number of carbonyl (C=O) groups is 1. The van der Waals surface area contributed by atoms with Gasteiger partial charge in [0.2, 0.25) is 0 Å². The van der Waals surface area contributed by atoms with Crippen molar-refractivity contribution in [1.29, 1.82) is 0 Å². The standard InChI is InChI=1S/C16H23N3O3/c1-13-5-2-3-11-18(13)12-4-10-17-16(20)14-6-8-15(9-7-14)19(21)22/h6-9,13H,2-5,10-12H2,1H3,(H,17,20)/p+1/t13-/m1/s1. The van der Waals surface area contributed by atoms with Crippen molar-refractivity contribution in [3.05, 3.63) is 39.9 Å². The predicted molar refractivity (Wildman–Crippen MR) is 84.1 cm³/mol. The molecule has 0 spiro atoms. The molecule has 1 aromatic carbocycles. The van der Waals surface area contributed by atoms with E-state index in [-0.39, 0.29) is 11.6 Å². The van der Waals surface area contributed by atoms with E-state index >= 15 is 0 Å². The molecule has 0 bridgehead atoms. The van der Waals surface area contributed by atoms with E-state index in [0.29, 0.717) is 12.1 Å². The quantitative estimate of drug-likeness (QED) is 0.470. The van der Waals surface area contributed by atoms with E-state index in [1.165, 1.54) is 50.1 Å². The van der Waals surface area contributed by atoms with E-state index < -0.39 is 4.92 Å². The van der Waals surface area contributed by atoms with Crippen molar-refractivity contribution < 1.29 is 14.6 Å². The molecule has 1 saturated heterocycles. The number of nitro groups is 1. The number of nitrogens with zero attached hydrogens (tertiary/aromatic N) is 1. The molecule has 0 radical (unpaired) electrons. The van der Waals surface area contributed by atoms with Gasteiger partial charge < -0.3 is 10.2 Å². The fourth-order valence-corrected chi connectivity index (χ4v) is 2.98. The lowest BCUT2D eigenvalue weighted by Crippen LogP contribution is -3.16. The lowest BCUT2D eigenvalue weighted by molar-refractivity contribution is -0.928. The van der Waals surface area contributed by atoms with Crippen LogP contribution in [0.2, 0.25) is 0 Å². The molecule has 1 aromatic rings. The minimum Gasteiger partial charge on any atom is -0.352 e. The summed E-state index contributed by atoms with van der Waals surface area (Å²) >= 11 is 0. The Balaban J connectivity index is 1.72. The minimum absolute atomic E-state index is 0.000707. The van der Waals surface area contributed by atoms with Gasteiger partial charge in [-0.2, -0.15) is 0 Å². The van der Waals surface area contributed by atoms with Gasteiger partial charge in [-0.1, -0.05) is 0 Å². The van der Waals surface area contributed by atoms with Crippen molar-refractivity contribution in [2.75, 3.05) is 19.6 Å². The number of hydrogen-bond donors (Lipinski definition) is 2. The van der Waals surface area contributed by atoms with Gasteiger partial charge in [0.25, 0.3) is 11.6 Å². The van der Waals surface area contributed by atoms with Crippen LogP contribution in [0.3, 0.4) is 0 Å². The Morgan fingerprint density at radius 1 is 1.36 bits per heavy atom. The lowest BCUT2D eigenvalue weighted by atomic mass is 10.0. The Hall–Kier alpha value is -1.95. The highest BCUT2D eigenvalue weighted by atomic mass is 16.6. The summed E-state index contributed by atoms with van der Waals surface area (Å²) in [5.41, 5.74) is 0.462. The summed E-state index contributed by atoms with van der Waals surface area (Å²) in [6.45, 7) is 5.26. The summed E-state index contributed by atoms with van der Waals surface area (Å²) in [6, 6.07) is 6.42. The number of nitro benzene ring substituents is 1. The molecule has 6 nitrogen and oxygen atoms in total. The van der Waals surface area contributed by atoms with Crippen molar-refractivity contribution in [2.24, 2.45) is 0 Å². The van der Waals surface area contributed by atoms with E-state index in [1.807, 2.05) is 0 Å². The zero-order chi connectivity index (χ0) is 15.9. The first-order chi connectivity index (χ1) is 10.6. The Morgan fingerprint density at radius 3 is 2.73 bits per heavy atom. The first kappa shape index (κ1) is 16.4. The highest BCUT2D eigenvalue weighted by Crippen LogP contribution is 2.11. The van der Waals surface area contributed by atoms with Gasteiger partial charge in [-0.15, -0.1) is 0 Å². The molecule has 1 fully saturated rings. The zero-order valence-corrected chi connectivity index (χ0v) is 13.0. The summed E-state index contributed by atoms with van der Waals surface area (Å²) in [6.07, 6.45) is 4.89. The number of benzene rings is 1. The van der Waals surface area contributed by atoms with Gasteiger partial charge in [0.1, 0.15) is 0 Å². The van der Waals surface area contributed by atoms with Crippen LogP contribution in [0.25, 0.3) is 0 Å². The number of quaternary nitrogens is 1. The maximum Gasteiger partial charge on any atom is 0.269 e. The molecule has 1 heterocycles. The number of non-ortho nitro benzene ring substituents is 1. The third-order valence-corrected chi connectivity index (χ3v) is 4.38. The van der Waals surface area contributed by atoms with Crippen LogP contribution in [0.4, 0.5) is 5.69 Å². The number of carbonyl (C=O) groups excluding carboxylic acids is 1. The van der Waals surface area contributed by atoms with E-state index in [9.17, 15) is 14.9 Å². The van der Waals surface area contributed by atoms with Crippen LogP contribution in [0, 0.1) is 10.1 Å². The number of likely N-dealkylation sites (tertiary alicyclic amines) is 1. The second-order valence-corrected chi connectivity index (χ2v) is 5.97. The van der Waals surface area contributed by atoms with Crippen molar-refractivity contribution in [2.45, 2.75) is 38.6 Å². The van der Waals surface area contributed by atoms with E-state index in [0.717, 1.165) is 19.0 Å². The Morgan fingerprint density at radius 2 is 2.09 bits per heavy atom. The molecule has 2 N–H and O–H groups in total. The Labute approximate surface area is 130 Å². The van der Waals surface area contributed by atoms with Crippen LogP contribution in [0.15, 0.2) is 24.3 Å². The molecule has 0 aliphatic carbocycles. The smallest absolute Gasteiger partial charge is 0.269 e. The fraction of sp³-hybridized carbons (Fsp3) is 0.562. The molecule has 6 heteroatoms. The summed E-state index contributed by atoms with van der Waals surface area (Å²) in [7, 11) is 0. The van der Waals surface area contributed by atoms with E-state index in [1.54, 1.807) is 4.90 Å². The highest BCUT2D eigenvalue weighted by molar-refractivity contribution is 5.94. The van der Waals surface area contributed by atoms with Crippen LogP contribution in [-0.2, 0) is 0 Å². The number of hydrogen-bond acceptors (Lipinski definition) is 3. The number of piperidine rings is 1. The van der Waals surface area contributed by atoms with Gasteiger partial charge >= 0.3 is 0 Å². The van der Waals surface area contributed by atoms with Crippen molar-refractivity contribution in [3.8, 4) is 0 Å². The van der Waals surface area contributed by atoms with Crippen molar-refractivity contribution in [1.82, 2.24) is 5.32 Å². The van der Waals surface area contributed by atoms with Crippen LogP contribution >= 0.6 is 0 Å². The highest BCUT2D eigenvalue weighted by Gasteiger charge is 2.20. The number of amides is 1. The number of rotatable bonds is 6. The van der Waals surface area contributed by atoms with E-state index in [4.69, 9.17) is 0 Å². The second kappa shape index (κ2) is 7.89. The molecule has 1 amide bonds. The Kier molecular flexibility index (Phi) is 5.89. The number of nitrogens with one attached hydrogen (secondary N) is 2. The van der Waals surface area contributed by atoms with Gasteiger partial charge in [0, 0.05) is 30.7 Å². The monoisotopic (exact) mass is 306 g/mol. The third kappa shape index (κ3) is 4.53. The molecule has 2 atom stereocenters. The normalized spacial score (nSPS) is 21.3. The molecule has 0 saturated carbocycles. The van der Waals surface area contributed by atoms with Gasteiger partial charge in [0.15, 0.2) is 0 Å². The second-order valence-electron chi connectivity index (χ2n) is 5.97. The maximum absolute atomic E-state index is 12.0. The average Bonchev–Trinajstić information content (AvgIpc) is 2.53. The van der Waals surface area contributed by atoms with Gasteiger partial charge in [-0.05, 0) is 38.3 Å². The molecule has 120 valence electrons. The molecule has 1 unspecified atom stereocenters. The zero-order valence-electron chi connectivity index (χ0n) is 13.0.